The summed E-state index contributed by atoms with van der Waals surface area (Å²) in [7, 11) is -0.401. The van der Waals surface area contributed by atoms with Crippen LogP contribution in [-0.4, -0.2) is 40.8 Å². The minimum atomic E-state index is -3.45. The second kappa shape index (κ2) is 8.76. The van der Waals surface area contributed by atoms with Gasteiger partial charge in [-0.05, 0) is 25.6 Å². The summed E-state index contributed by atoms with van der Waals surface area (Å²) in [6.45, 7) is 0.619. The van der Waals surface area contributed by atoms with E-state index < -0.39 is 22.0 Å². The van der Waals surface area contributed by atoms with Crippen molar-refractivity contribution in [3.63, 3.8) is 0 Å². The molecule has 0 amide bonds. The molecular weight excluding hydrogens is 292 g/mol. The Morgan fingerprint density at radius 2 is 1.95 bits per heavy atom. The van der Waals surface area contributed by atoms with E-state index in [9.17, 15) is 13.2 Å². The number of carbonyl (C=O) groups is 1. The Labute approximate surface area is 125 Å². The topological polar surface area (TPSA) is 84.5 Å². The molecule has 1 aromatic carbocycles. The monoisotopic (exact) mass is 314 g/mol. The minimum absolute atomic E-state index is 0.0122. The maximum atomic E-state index is 12.1. The Bertz CT molecular complexity index is 531. The highest BCUT2D eigenvalue weighted by Gasteiger charge is 2.22. The Kier molecular flexibility index (Phi) is 7.35. The van der Waals surface area contributed by atoms with Crippen LogP contribution >= 0.6 is 0 Å². The number of methoxy groups -OCH3 is 1. The third kappa shape index (κ3) is 6.70. The van der Waals surface area contributed by atoms with Gasteiger partial charge in [0.25, 0.3) is 0 Å². The van der Waals surface area contributed by atoms with E-state index in [4.69, 9.17) is 0 Å². The van der Waals surface area contributed by atoms with Crippen molar-refractivity contribution in [2.75, 3.05) is 26.5 Å². The number of sulfonamides is 1. The third-order valence-electron chi connectivity index (χ3n) is 2.96. The lowest BCUT2D eigenvalue weighted by Gasteiger charge is -2.18. The van der Waals surface area contributed by atoms with Crippen molar-refractivity contribution >= 4 is 16.0 Å². The molecule has 0 saturated heterocycles. The summed E-state index contributed by atoms with van der Waals surface area (Å²) in [6.07, 6.45) is 0.470. The molecule has 2 N–H and O–H groups in total. The van der Waals surface area contributed by atoms with Gasteiger partial charge in [0, 0.05) is 0 Å². The molecule has 0 radical (unpaired) electrons. The second-order valence-corrected chi connectivity index (χ2v) is 6.51. The van der Waals surface area contributed by atoms with Crippen LogP contribution in [0.15, 0.2) is 30.3 Å². The Morgan fingerprint density at radius 1 is 1.29 bits per heavy atom. The van der Waals surface area contributed by atoms with Crippen molar-refractivity contribution in [1.82, 2.24) is 10.0 Å². The Morgan fingerprint density at radius 3 is 2.52 bits per heavy atom. The summed E-state index contributed by atoms with van der Waals surface area (Å²) in [6, 6.07) is 8.38. The van der Waals surface area contributed by atoms with Crippen LogP contribution in [0.25, 0.3) is 0 Å². The molecule has 0 fully saturated rings. The highest BCUT2D eigenvalue weighted by Crippen LogP contribution is 2.18. The van der Waals surface area contributed by atoms with Crippen molar-refractivity contribution in [3.05, 3.63) is 35.9 Å². The van der Waals surface area contributed by atoms with E-state index in [1.54, 1.807) is 31.3 Å². The van der Waals surface area contributed by atoms with E-state index in [0.717, 1.165) is 5.56 Å². The zero-order valence-electron chi connectivity index (χ0n) is 12.3. The lowest BCUT2D eigenvalue weighted by molar-refractivity contribution is -0.141. The van der Waals surface area contributed by atoms with Crippen molar-refractivity contribution < 1.29 is 17.9 Å². The Hall–Kier alpha value is -1.44. The standard InChI is InChI=1S/C14H22N2O4S/c1-15-9-6-10-21(18,19)16-13(11-14(17)20-2)12-7-4-3-5-8-12/h3-5,7-8,13,15-16H,6,9-11H2,1-2H3. The number of ether oxygens (including phenoxy) is 1. The quantitative estimate of drug-likeness (QED) is 0.521. The first-order chi connectivity index (χ1) is 9.98. The average molecular weight is 314 g/mol. The van der Waals surface area contributed by atoms with Crippen molar-refractivity contribution in [2.24, 2.45) is 0 Å². The van der Waals surface area contributed by atoms with E-state index in [1.165, 1.54) is 7.11 Å². The molecule has 6 nitrogen and oxygen atoms in total. The maximum absolute atomic E-state index is 12.1. The highest BCUT2D eigenvalue weighted by atomic mass is 32.2. The second-order valence-electron chi connectivity index (χ2n) is 4.64. The van der Waals surface area contributed by atoms with E-state index in [1.807, 2.05) is 6.07 Å². The smallest absolute Gasteiger partial charge is 0.307 e. The van der Waals surface area contributed by atoms with Gasteiger partial charge in [0.1, 0.15) is 0 Å². The summed E-state index contributed by atoms with van der Waals surface area (Å²) in [5.41, 5.74) is 0.736. The molecule has 0 aliphatic rings. The van der Waals surface area contributed by atoms with Gasteiger partial charge >= 0.3 is 5.97 Å². The molecule has 0 bridgehead atoms. The minimum Gasteiger partial charge on any atom is -0.469 e. The van der Waals surface area contributed by atoms with Crippen LogP contribution in [0.5, 0.6) is 0 Å². The first kappa shape index (κ1) is 17.6. The average Bonchev–Trinajstić information content (AvgIpc) is 2.47. The van der Waals surface area contributed by atoms with Crippen LogP contribution in [0.3, 0.4) is 0 Å². The molecule has 1 rings (SSSR count). The third-order valence-corrected chi connectivity index (χ3v) is 4.43. The summed E-state index contributed by atoms with van der Waals surface area (Å²) >= 11 is 0. The number of esters is 1. The van der Waals surface area contributed by atoms with E-state index in [0.29, 0.717) is 13.0 Å². The fraction of sp³-hybridized carbons (Fsp3) is 0.500. The summed E-state index contributed by atoms with van der Waals surface area (Å²) in [4.78, 5) is 11.5. The van der Waals surface area contributed by atoms with Crippen LogP contribution in [0, 0.1) is 0 Å². The van der Waals surface area contributed by atoms with Gasteiger partial charge in [0.2, 0.25) is 10.0 Å². The molecule has 0 aliphatic heterocycles. The van der Waals surface area contributed by atoms with Gasteiger partial charge in [-0.25, -0.2) is 13.1 Å². The highest BCUT2D eigenvalue weighted by molar-refractivity contribution is 7.89. The van der Waals surface area contributed by atoms with E-state index >= 15 is 0 Å². The number of hydrogen-bond acceptors (Lipinski definition) is 5. The lowest BCUT2D eigenvalue weighted by Crippen LogP contribution is -2.33. The molecule has 0 aliphatic carbocycles. The van der Waals surface area contributed by atoms with Crippen LogP contribution in [0.1, 0.15) is 24.4 Å². The van der Waals surface area contributed by atoms with Crippen LogP contribution in [0.2, 0.25) is 0 Å². The summed E-state index contributed by atoms with van der Waals surface area (Å²) in [5.74, 6) is -0.444. The Balaban J connectivity index is 2.80. The predicted octanol–water partition coefficient (Wildman–Crippen LogP) is 0.820. The van der Waals surface area contributed by atoms with Gasteiger partial charge < -0.3 is 10.1 Å². The molecule has 1 aromatic rings. The van der Waals surface area contributed by atoms with Gasteiger partial charge in [-0.2, -0.15) is 0 Å². The van der Waals surface area contributed by atoms with E-state index in [2.05, 4.69) is 14.8 Å². The lowest BCUT2D eigenvalue weighted by atomic mass is 10.1. The molecular formula is C14H22N2O4S. The molecule has 118 valence electrons. The molecule has 0 heterocycles. The normalized spacial score (nSPS) is 12.9. The van der Waals surface area contributed by atoms with Crippen LogP contribution < -0.4 is 10.0 Å². The molecule has 0 spiro atoms. The van der Waals surface area contributed by atoms with Crippen LogP contribution in [-0.2, 0) is 19.6 Å². The first-order valence-corrected chi connectivity index (χ1v) is 8.40. The summed E-state index contributed by atoms with van der Waals surface area (Å²) < 4.78 is 31.3. The summed E-state index contributed by atoms with van der Waals surface area (Å²) in [5, 5.41) is 2.90. The maximum Gasteiger partial charge on any atom is 0.307 e. The van der Waals surface area contributed by atoms with E-state index in [-0.39, 0.29) is 12.2 Å². The molecule has 0 saturated carbocycles. The molecule has 7 heteroatoms. The zero-order valence-corrected chi connectivity index (χ0v) is 13.2. The first-order valence-electron chi connectivity index (χ1n) is 6.75. The van der Waals surface area contributed by atoms with Crippen molar-refractivity contribution in [2.45, 2.75) is 18.9 Å². The number of benzene rings is 1. The molecule has 1 unspecified atom stereocenters. The number of nitrogens with one attached hydrogen (secondary N) is 2. The van der Waals surface area contributed by atoms with Gasteiger partial charge in [0.15, 0.2) is 0 Å². The number of carbonyl (C=O) groups excluding carboxylic acids is 1. The number of hydrogen-bond donors (Lipinski definition) is 2. The fourth-order valence-electron chi connectivity index (χ4n) is 1.88. The van der Waals surface area contributed by atoms with Gasteiger partial charge in [0.05, 0.1) is 25.3 Å². The van der Waals surface area contributed by atoms with Gasteiger partial charge in [-0.1, -0.05) is 30.3 Å². The SMILES string of the molecule is CNCCCS(=O)(=O)NC(CC(=O)OC)c1ccccc1. The molecule has 1 atom stereocenters. The molecule has 21 heavy (non-hydrogen) atoms. The fourth-order valence-corrected chi connectivity index (χ4v) is 3.17. The van der Waals surface area contributed by atoms with Crippen molar-refractivity contribution in [1.29, 1.82) is 0 Å². The predicted molar refractivity (Wildman–Crippen MR) is 81.3 cm³/mol. The zero-order chi connectivity index (χ0) is 15.7. The molecule has 0 aromatic heterocycles. The van der Waals surface area contributed by atoms with Crippen LogP contribution in [0.4, 0.5) is 0 Å². The largest absolute Gasteiger partial charge is 0.469 e. The number of rotatable bonds is 9. The van der Waals surface area contributed by atoms with Gasteiger partial charge in [-0.15, -0.1) is 0 Å². The van der Waals surface area contributed by atoms with Gasteiger partial charge in [-0.3, -0.25) is 4.79 Å². The van der Waals surface area contributed by atoms with Crippen molar-refractivity contribution in [3.8, 4) is 0 Å².